The topological polar surface area (TPSA) is 221 Å². The number of hydrogen-bond donors (Lipinski definition) is 7. The van der Waals surface area contributed by atoms with Crippen LogP contribution in [0.15, 0.2) is 4.52 Å². The van der Waals surface area contributed by atoms with E-state index in [0.717, 1.165) is 0 Å². The number of rotatable bonds is 9. The Morgan fingerprint density at radius 3 is 2.33 bits per heavy atom. The van der Waals surface area contributed by atoms with E-state index < -0.39 is 55.7 Å². The number of carbonyl (C=O) groups is 3. The molecule has 0 aromatic carbocycles. The fourth-order valence-corrected chi connectivity index (χ4v) is 1.54. The zero-order chi connectivity index (χ0) is 18.3. The van der Waals surface area contributed by atoms with Crippen LogP contribution < -0.4 is 16.4 Å². The summed E-state index contributed by atoms with van der Waals surface area (Å²) in [6.45, 7) is -1.34. The molecule has 0 bridgehead atoms. The van der Waals surface area contributed by atoms with E-state index in [1.165, 1.54) is 0 Å². The minimum absolute atomic E-state index is 0.0936. The minimum atomic E-state index is -1.57. The summed E-state index contributed by atoms with van der Waals surface area (Å²) in [7, 11) is 0. The van der Waals surface area contributed by atoms with Gasteiger partial charge in [0, 0.05) is 0 Å². The molecule has 0 radical (unpaired) electrons. The van der Waals surface area contributed by atoms with Gasteiger partial charge in [0.1, 0.15) is 6.04 Å². The van der Waals surface area contributed by atoms with E-state index in [1.807, 2.05) is 5.32 Å². The Bertz CT molecular complexity index is 591. The Morgan fingerprint density at radius 2 is 1.83 bits per heavy atom. The van der Waals surface area contributed by atoms with Crippen molar-refractivity contribution in [1.29, 1.82) is 0 Å². The van der Waals surface area contributed by atoms with Crippen LogP contribution in [-0.4, -0.2) is 67.8 Å². The second-order valence-corrected chi connectivity index (χ2v) is 4.62. The molecular formula is C11H17N5O8. The van der Waals surface area contributed by atoms with E-state index >= 15 is 0 Å². The van der Waals surface area contributed by atoms with E-state index in [0.29, 0.717) is 0 Å². The molecule has 1 rings (SSSR count). The minimum Gasteiger partial charge on any atom is -0.481 e. The maximum absolute atomic E-state index is 11.7. The third-order valence-corrected chi connectivity index (χ3v) is 2.75. The monoisotopic (exact) mass is 347 g/mol. The largest absolute Gasteiger partial charge is 0.481 e. The third kappa shape index (κ3) is 5.45. The Morgan fingerprint density at radius 1 is 1.17 bits per heavy atom. The highest BCUT2D eigenvalue weighted by Crippen LogP contribution is 2.16. The first-order valence-corrected chi connectivity index (χ1v) is 6.60. The van der Waals surface area contributed by atoms with Crippen LogP contribution in [0.5, 0.6) is 0 Å². The summed E-state index contributed by atoms with van der Waals surface area (Å²) in [5, 5.41) is 42.9. The van der Waals surface area contributed by atoms with Crippen LogP contribution in [-0.2, 0) is 9.59 Å². The van der Waals surface area contributed by atoms with Gasteiger partial charge in [0.2, 0.25) is 5.89 Å². The Kier molecular flexibility index (Phi) is 7.03. The van der Waals surface area contributed by atoms with Crippen LogP contribution in [0.3, 0.4) is 0 Å². The third-order valence-electron chi connectivity index (χ3n) is 2.75. The number of hydrogen-bond acceptors (Lipinski definition) is 9. The molecule has 134 valence electrons. The Balaban J connectivity index is 2.85. The van der Waals surface area contributed by atoms with Gasteiger partial charge >= 0.3 is 18.0 Å². The van der Waals surface area contributed by atoms with E-state index in [9.17, 15) is 14.4 Å². The summed E-state index contributed by atoms with van der Waals surface area (Å²) in [6.07, 6.45) is -0.639. The highest BCUT2D eigenvalue weighted by atomic mass is 16.5. The normalized spacial score (nSPS) is 14.5. The molecule has 8 N–H and O–H groups in total. The van der Waals surface area contributed by atoms with Crippen molar-refractivity contribution in [3.05, 3.63) is 11.7 Å². The van der Waals surface area contributed by atoms with E-state index in [4.69, 9.17) is 30.7 Å². The lowest BCUT2D eigenvalue weighted by Gasteiger charge is -2.16. The number of carbonyl (C=O) groups excluding carboxylic acids is 1. The van der Waals surface area contributed by atoms with Crippen molar-refractivity contribution < 1.29 is 39.3 Å². The van der Waals surface area contributed by atoms with Gasteiger partial charge in [-0.1, -0.05) is 5.16 Å². The van der Waals surface area contributed by atoms with Crippen LogP contribution in [0, 0.1) is 0 Å². The Hall–Kier alpha value is -2.77. The van der Waals surface area contributed by atoms with Gasteiger partial charge in [0.05, 0.1) is 25.7 Å². The number of urea groups is 1. The fourth-order valence-electron chi connectivity index (χ4n) is 1.54. The standard InChI is InChI=1S/C11H17N5O8/c12-4(2-17)8-15-9(24-16-8)5(1-7(19)20)13-11(23)14-6(3-18)10(21)22/h4-6,17-18H,1-3,12H2,(H,19,20)(H,21,22)(H2,13,14,23)/t4-,5-,6-/m0/s1. The molecule has 0 fully saturated rings. The zero-order valence-electron chi connectivity index (χ0n) is 12.2. The maximum atomic E-state index is 11.7. The summed E-state index contributed by atoms with van der Waals surface area (Å²) >= 11 is 0. The first-order chi connectivity index (χ1) is 11.3. The van der Waals surface area contributed by atoms with Crippen LogP contribution >= 0.6 is 0 Å². The van der Waals surface area contributed by atoms with Crippen molar-refractivity contribution in [3.63, 3.8) is 0 Å². The van der Waals surface area contributed by atoms with Gasteiger partial charge in [-0.25, -0.2) is 9.59 Å². The van der Waals surface area contributed by atoms with Gasteiger partial charge < -0.3 is 41.3 Å². The number of nitrogens with two attached hydrogens (primary N) is 1. The summed E-state index contributed by atoms with van der Waals surface area (Å²) in [5.41, 5.74) is 5.48. The molecule has 0 aliphatic rings. The van der Waals surface area contributed by atoms with Gasteiger partial charge in [0.15, 0.2) is 11.9 Å². The number of amides is 2. The lowest BCUT2D eigenvalue weighted by molar-refractivity contribution is -0.140. The van der Waals surface area contributed by atoms with Crippen LogP contribution in [0.2, 0.25) is 0 Å². The smallest absolute Gasteiger partial charge is 0.328 e. The second kappa shape index (κ2) is 8.76. The van der Waals surface area contributed by atoms with Gasteiger partial charge in [0.25, 0.3) is 0 Å². The average molecular weight is 347 g/mol. The van der Waals surface area contributed by atoms with Crippen molar-refractivity contribution in [2.24, 2.45) is 5.73 Å². The summed E-state index contributed by atoms with van der Waals surface area (Å²) < 4.78 is 4.81. The number of nitrogens with zero attached hydrogens (tertiary/aromatic N) is 2. The average Bonchev–Trinajstić information content (AvgIpc) is 3.00. The highest BCUT2D eigenvalue weighted by molar-refractivity contribution is 5.83. The number of aromatic nitrogens is 2. The molecule has 0 unspecified atom stereocenters. The molecule has 0 saturated carbocycles. The van der Waals surface area contributed by atoms with Crippen LogP contribution in [0.1, 0.15) is 30.2 Å². The quantitative estimate of drug-likeness (QED) is 0.244. The molecule has 2 amide bonds. The lowest BCUT2D eigenvalue weighted by atomic mass is 10.2. The lowest BCUT2D eigenvalue weighted by Crippen LogP contribution is -2.48. The molecule has 0 aliphatic carbocycles. The van der Waals surface area contributed by atoms with Gasteiger partial charge in [-0.15, -0.1) is 0 Å². The zero-order valence-corrected chi connectivity index (χ0v) is 12.2. The van der Waals surface area contributed by atoms with E-state index in [2.05, 4.69) is 15.5 Å². The highest BCUT2D eigenvalue weighted by Gasteiger charge is 2.27. The summed E-state index contributed by atoms with van der Waals surface area (Å²) in [4.78, 5) is 37.1. The van der Waals surface area contributed by atoms with E-state index in [-0.39, 0.29) is 11.7 Å². The van der Waals surface area contributed by atoms with Gasteiger partial charge in [-0.05, 0) is 0 Å². The molecule has 1 heterocycles. The molecule has 0 saturated heterocycles. The first kappa shape index (κ1) is 19.3. The SMILES string of the molecule is N[C@@H](CO)c1noc([C@H](CC(=O)O)NC(=O)N[C@@H](CO)C(=O)O)n1. The number of nitrogens with one attached hydrogen (secondary N) is 2. The molecule has 0 spiro atoms. The number of aliphatic hydroxyl groups is 2. The molecule has 3 atom stereocenters. The van der Waals surface area contributed by atoms with Crippen molar-refractivity contribution in [2.45, 2.75) is 24.5 Å². The van der Waals surface area contributed by atoms with Crippen molar-refractivity contribution in [2.75, 3.05) is 13.2 Å². The molecule has 1 aromatic rings. The first-order valence-electron chi connectivity index (χ1n) is 6.60. The van der Waals surface area contributed by atoms with Crippen molar-refractivity contribution in [3.8, 4) is 0 Å². The molecule has 13 nitrogen and oxygen atoms in total. The second-order valence-electron chi connectivity index (χ2n) is 4.62. The summed E-state index contributed by atoms with van der Waals surface area (Å²) in [6, 6.07) is -4.86. The molecule has 1 aromatic heterocycles. The van der Waals surface area contributed by atoms with Crippen molar-refractivity contribution >= 4 is 18.0 Å². The summed E-state index contributed by atoms with van der Waals surface area (Å²) in [5.74, 6) is -3.16. The number of aliphatic carboxylic acids is 2. The maximum Gasteiger partial charge on any atom is 0.328 e. The Labute approximate surface area is 134 Å². The van der Waals surface area contributed by atoms with Crippen LogP contribution in [0.25, 0.3) is 0 Å². The van der Waals surface area contributed by atoms with Crippen LogP contribution in [0.4, 0.5) is 4.79 Å². The van der Waals surface area contributed by atoms with Gasteiger partial charge in [-0.2, -0.15) is 4.98 Å². The van der Waals surface area contributed by atoms with Gasteiger partial charge in [-0.3, -0.25) is 4.79 Å². The predicted octanol–water partition coefficient (Wildman–Crippen LogP) is -2.68. The molecule has 0 aliphatic heterocycles. The molecule has 24 heavy (non-hydrogen) atoms. The fraction of sp³-hybridized carbons (Fsp3) is 0.545. The molecular weight excluding hydrogens is 330 g/mol. The predicted molar refractivity (Wildman–Crippen MR) is 73.5 cm³/mol. The number of carboxylic acid groups (broad SMARTS) is 2. The van der Waals surface area contributed by atoms with E-state index in [1.54, 1.807) is 0 Å². The molecule has 13 heteroatoms. The number of aliphatic hydroxyl groups excluding tert-OH is 2. The van der Waals surface area contributed by atoms with Crippen molar-refractivity contribution in [1.82, 2.24) is 20.8 Å². The number of carboxylic acids is 2.